The van der Waals surface area contributed by atoms with Gasteiger partial charge in [-0.2, -0.15) is 0 Å². The van der Waals surface area contributed by atoms with E-state index in [0.29, 0.717) is 55.8 Å². The lowest BCUT2D eigenvalue weighted by Crippen LogP contribution is -2.35. The number of aromatic nitrogens is 2. The van der Waals surface area contributed by atoms with E-state index < -0.39 is 0 Å². The Labute approximate surface area is 225 Å². The smallest absolute Gasteiger partial charge is 0.257 e. The van der Waals surface area contributed by atoms with Crippen LogP contribution in [0.15, 0.2) is 28.7 Å². The van der Waals surface area contributed by atoms with E-state index in [1.165, 1.54) is 6.42 Å². The lowest BCUT2D eigenvalue weighted by atomic mass is 10.1. The highest BCUT2D eigenvalue weighted by Gasteiger charge is 2.38. The summed E-state index contributed by atoms with van der Waals surface area (Å²) < 4.78 is 18.4. The molecule has 2 aliphatic rings. The molecule has 1 fully saturated rings. The second kappa shape index (κ2) is 13.7. The van der Waals surface area contributed by atoms with Gasteiger partial charge in [0.2, 0.25) is 17.7 Å². The molecule has 4 rings (SSSR count). The highest BCUT2D eigenvalue weighted by molar-refractivity contribution is 5.97. The summed E-state index contributed by atoms with van der Waals surface area (Å²) in [4.78, 5) is 30.2. The fourth-order valence-corrected chi connectivity index (χ4v) is 5.02. The molecule has 0 spiro atoms. The average Bonchev–Trinajstić information content (AvgIpc) is 3.55. The third kappa shape index (κ3) is 7.34. The zero-order chi connectivity index (χ0) is 26.9. The highest BCUT2D eigenvalue weighted by atomic mass is 16.5. The molecule has 2 aromatic rings. The number of carbonyl (C=O) groups is 2. The van der Waals surface area contributed by atoms with Crippen LogP contribution in [0.1, 0.15) is 93.8 Å². The summed E-state index contributed by atoms with van der Waals surface area (Å²) in [6, 6.07) is 7.41. The second-order valence-electron chi connectivity index (χ2n) is 10.6. The molecule has 2 amide bonds. The Kier molecular flexibility index (Phi) is 10.1. The summed E-state index contributed by atoms with van der Waals surface area (Å²) in [6.07, 6.45) is 6.62. The van der Waals surface area contributed by atoms with Gasteiger partial charge >= 0.3 is 0 Å². The third-order valence-electron chi connectivity index (χ3n) is 7.32. The molecular weight excluding hydrogens is 484 g/mol. The Morgan fingerprint density at radius 2 is 1.76 bits per heavy atom. The normalized spacial score (nSPS) is 21.7. The molecule has 208 valence electrons. The second-order valence-corrected chi connectivity index (χ2v) is 10.6. The van der Waals surface area contributed by atoms with E-state index in [4.69, 9.17) is 13.9 Å². The first-order chi connectivity index (χ1) is 18.5. The highest BCUT2D eigenvalue weighted by Crippen LogP contribution is 2.27. The van der Waals surface area contributed by atoms with Gasteiger partial charge in [0.1, 0.15) is 18.0 Å². The fourth-order valence-electron chi connectivity index (χ4n) is 5.02. The van der Waals surface area contributed by atoms with Crippen LogP contribution in [0.2, 0.25) is 0 Å². The minimum atomic E-state index is -0.355. The molecule has 0 aliphatic carbocycles. The molecule has 3 heterocycles. The average molecular weight is 527 g/mol. The van der Waals surface area contributed by atoms with Gasteiger partial charge in [-0.1, -0.05) is 51.7 Å². The third-order valence-corrected chi connectivity index (χ3v) is 7.32. The van der Waals surface area contributed by atoms with Gasteiger partial charge in [0.25, 0.3) is 5.91 Å². The summed E-state index contributed by atoms with van der Waals surface area (Å²) in [5.41, 5.74) is 0.558. The molecule has 38 heavy (non-hydrogen) atoms. The van der Waals surface area contributed by atoms with Crippen LogP contribution in [-0.4, -0.2) is 76.8 Å². The molecule has 0 N–H and O–H groups in total. The van der Waals surface area contributed by atoms with E-state index in [-0.39, 0.29) is 36.4 Å². The predicted molar refractivity (Wildman–Crippen MR) is 143 cm³/mol. The van der Waals surface area contributed by atoms with Crippen molar-refractivity contribution in [1.82, 2.24) is 20.0 Å². The quantitative estimate of drug-likeness (QED) is 0.561. The number of fused-ring (bicyclic) bond motifs is 2. The van der Waals surface area contributed by atoms with Crippen LogP contribution in [0, 0.1) is 0 Å². The lowest BCUT2D eigenvalue weighted by molar-refractivity contribution is -0.130. The predicted octanol–water partition coefficient (Wildman–Crippen LogP) is 4.62. The van der Waals surface area contributed by atoms with Gasteiger partial charge in [0.05, 0.1) is 18.7 Å². The van der Waals surface area contributed by atoms with Crippen molar-refractivity contribution < 1.29 is 23.5 Å². The van der Waals surface area contributed by atoms with Gasteiger partial charge in [-0.3, -0.25) is 9.59 Å². The molecule has 1 saturated heterocycles. The van der Waals surface area contributed by atoms with Gasteiger partial charge < -0.3 is 23.7 Å². The summed E-state index contributed by atoms with van der Waals surface area (Å²) >= 11 is 0. The van der Waals surface area contributed by atoms with Crippen molar-refractivity contribution in [1.29, 1.82) is 0 Å². The number of hydrogen-bond donors (Lipinski definition) is 0. The van der Waals surface area contributed by atoms with E-state index >= 15 is 0 Å². The van der Waals surface area contributed by atoms with E-state index in [9.17, 15) is 9.59 Å². The molecule has 2 atom stereocenters. The van der Waals surface area contributed by atoms with Gasteiger partial charge in [0.15, 0.2) is 0 Å². The summed E-state index contributed by atoms with van der Waals surface area (Å²) in [5, 5.41) is 8.13. The van der Waals surface area contributed by atoms with Crippen molar-refractivity contribution in [3.8, 4) is 5.75 Å². The van der Waals surface area contributed by atoms with Crippen LogP contribution >= 0.6 is 0 Å². The number of ether oxygens (including phenoxy) is 2. The zero-order valence-corrected chi connectivity index (χ0v) is 23.1. The van der Waals surface area contributed by atoms with E-state index in [2.05, 4.69) is 10.2 Å². The molecular formula is C29H42N4O5. The Bertz CT molecular complexity index is 1060. The van der Waals surface area contributed by atoms with Gasteiger partial charge in [-0.05, 0) is 31.9 Å². The molecule has 9 nitrogen and oxygen atoms in total. The van der Waals surface area contributed by atoms with Crippen LogP contribution in [0.4, 0.5) is 0 Å². The Morgan fingerprint density at radius 1 is 1.03 bits per heavy atom. The maximum absolute atomic E-state index is 13.4. The van der Waals surface area contributed by atoms with Gasteiger partial charge in [-0.15, -0.1) is 10.2 Å². The summed E-state index contributed by atoms with van der Waals surface area (Å²) in [7, 11) is 0. The number of para-hydroxylation sites is 1. The van der Waals surface area contributed by atoms with Crippen molar-refractivity contribution in [2.24, 2.45) is 0 Å². The molecule has 0 radical (unpaired) electrons. The van der Waals surface area contributed by atoms with Gasteiger partial charge in [0, 0.05) is 38.5 Å². The van der Waals surface area contributed by atoms with Crippen LogP contribution in [-0.2, 0) is 16.0 Å². The van der Waals surface area contributed by atoms with Crippen molar-refractivity contribution in [3.05, 3.63) is 41.6 Å². The number of hydrogen-bond acceptors (Lipinski definition) is 7. The molecule has 9 heteroatoms. The fraction of sp³-hybridized carbons (Fsp3) is 0.655. The number of benzene rings is 1. The SMILES string of the molecule is CCN1CCCCCCCCO[C@@H]2CN(C(=O)CCc3nnc(C(C)C)o3)C[C@H]2Oc2ccccc2C1=O. The molecule has 1 aromatic heterocycles. The van der Waals surface area contributed by atoms with Crippen LogP contribution in [0.25, 0.3) is 0 Å². The summed E-state index contributed by atoms with van der Waals surface area (Å²) in [6.45, 7) is 8.91. The zero-order valence-electron chi connectivity index (χ0n) is 23.1. The van der Waals surface area contributed by atoms with Crippen molar-refractivity contribution in [3.63, 3.8) is 0 Å². The first-order valence-electron chi connectivity index (χ1n) is 14.2. The number of aryl methyl sites for hydroxylation is 1. The van der Waals surface area contributed by atoms with Crippen molar-refractivity contribution >= 4 is 11.8 Å². The first kappa shape index (κ1) is 28.1. The maximum atomic E-state index is 13.4. The molecule has 1 aromatic carbocycles. The van der Waals surface area contributed by atoms with Crippen LogP contribution in [0.5, 0.6) is 5.75 Å². The first-order valence-corrected chi connectivity index (χ1v) is 14.2. The number of likely N-dealkylation sites (tertiary alicyclic amines) is 1. The minimum Gasteiger partial charge on any atom is -0.485 e. The molecule has 0 unspecified atom stereocenters. The number of amides is 2. The van der Waals surface area contributed by atoms with E-state index in [1.807, 2.05) is 49.9 Å². The molecule has 0 saturated carbocycles. The van der Waals surface area contributed by atoms with E-state index in [1.54, 1.807) is 4.90 Å². The molecule has 0 bridgehead atoms. The number of carbonyl (C=O) groups excluding carboxylic acids is 2. The van der Waals surface area contributed by atoms with E-state index in [0.717, 1.165) is 38.6 Å². The van der Waals surface area contributed by atoms with Crippen molar-refractivity contribution in [2.75, 3.05) is 32.8 Å². The van der Waals surface area contributed by atoms with Crippen molar-refractivity contribution in [2.45, 2.75) is 90.3 Å². The Balaban J connectivity index is 1.47. The Morgan fingerprint density at radius 3 is 2.53 bits per heavy atom. The number of rotatable bonds is 5. The minimum absolute atomic E-state index is 0.00130. The lowest BCUT2D eigenvalue weighted by Gasteiger charge is -2.25. The topological polar surface area (TPSA) is 98.0 Å². The standard InChI is InChI=1S/C29H42N4O5/c1-4-32-17-11-7-5-6-8-12-18-36-24-19-33(27(34)16-15-26-30-31-28(38-26)21(2)3)20-25(24)37-23-14-10-9-13-22(23)29(32)35/h9-10,13-14,21,24-25H,4-8,11-12,15-20H2,1-3H3/t24-,25-/m1/s1. The molecule has 2 aliphatic heterocycles. The monoisotopic (exact) mass is 526 g/mol. The Hall–Kier alpha value is -2.94. The summed E-state index contributed by atoms with van der Waals surface area (Å²) in [5.74, 6) is 1.75. The van der Waals surface area contributed by atoms with Gasteiger partial charge in [-0.25, -0.2) is 0 Å². The number of nitrogens with zero attached hydrogens (tertiary/aromatic N) is 4. The maximum Gasteiger partial charge on any atom is 0.257 e. The largest absolute Gasteiger partial charge is 0.485 e. The van der Waals surface area contributed by atoms with Crippen LogP contribution < -0.4 is 4.74 Å². The van der Waals surface area contributed by atoms with Crippen LogP contribution in [0.3, 0.4) is 0 Å².